The highest BCUT2D eigenvalue weighted by molar-refractivity contribution is 5.77. The lowest BCUT2D eigenvalue weighted by atomic mass is 9.98. The second-order valence-electron chi connectivity index (χ2n) is 4.29. The minimum atomic E-state index is 0.283. The molecule has 0 unspecified atom stereocenters. The minimum absolute atomic E-state index is 0.283. The molecule has 0 aromatic heterocycles. The highest BCUT2D eigenvalue weighted by Gasteiger charge is 2.29. The van der Waals surface area contributed by atoms with Gasteiger partial charge in [-0.15, -0.1) is 0 Å². The van der Waals surface area contributed by atoms with E-state index in [1.807, 2.05) is 4.90 Å². The van der Waals surface area contributed by atoms with Crippen molar-refractivity contribution in [2.45, 2.75) is 38.1 Å². The van der Waals surface area contributed by atoms with E-state index in [4.69, 9.17) is 5.73 Å². The average Bonchev–Trinajstić information content (AvgIpc) is 2.32. The molecule has 0 aromatic rings. The third-order valence-corrected chi connectivity index (χ3v) is 3.36. The van der Waals surface area contributed by atoms with Crippen molar-refractivity contribution in [1.29, 1.82) is 0 Å². The fourth-order valence-corrected chi connectivity index (χ4v) is 2.24. The van der Waals surface area contributed by atoms with Crippen LogP contribution in [0.25, 0.3) is 0 Å². The Bertz CT molecular complexity index is 201. The van der Waals surface area contributed by atoms with Gasteiger partial charge in [0.25, 0.3) is 0 Å². The number of hydrogen-bond acceptors (Lipinski definition) is 2. The summed E-state index contributed by atoms with van der Waals surface area (Å²) < 4.78 is 0. The maximum absolute atomic E-state index is 11.6. The van der Waals surface area contributed by atoms with E-state index in [9.17, 15) is 4.79 Å². The summed E-state index contributed by atoms with van der Waals surface area (Å²) in [6, 6.07) is 0.283. The Labute approximate surface area is 79.3 Å². The molecule has 1 saturated heterocycles. The van der Waals surface area contributed by atoms with Gasteiger partial charge in [-0.25, -0.2) is 0 Å². The molecular weight excluding hydrogens is 164 g/mol. The van der Waals surface area contributed by atoms with Gasteiger partial charge in [0.15, 0.2) is 0 Å². The molecule has 2 rings (SSSR count). The van der Waals surface area contributed by atoms with Crippen LogP contribution in [-0.2, 0) is 4.79 Å². The number of rotatable bonds is 2. The lowest BCUT2D eigenvalue weighted by molar-refractivity contribution is -0.135. The number of carbonyl (C=O) groups is 1. The second kappa shape index (κ2) is 3.66. The summed E-state index contributed by atoms with van der Waals surface area (Å²) in [6.07, 6.45) is 5.35. The average molecular weight is 182 g/mol. The van der Waals surface area contributed by atoms with Gasteiger partial charge in [-0.3, -0.25) is 4.79 Å². The van der Waals surface area contributed by atoms with Crippen LogP contribution in [0.3, 0.4) is 0 Å². The molecule has 0 bridgehead atoms. The fraction of sp³-hybridized carbons (Fsp3) is 0.900. The van der Waals surface area contributed by atoms with Gasteiger partial charge in [0.05, 0.1) is 0 Å². The van der Waals surface area contributed by atoms with Gasteiger partial charge in [0.1, 0.15) is 0 Å². The SMILES string of the molecule is N[C@@H]1CCC[C@H]1CC(=O)N1CCC1. The Balaban J connectivity index is 1.79. The van der Waals surface area contributed by atoms with Gasteiger partial charge in [0, 0.05) is 25.6 Å². The van der Waals surface area contributed by atoms with E-state index in [0.29, 0.717) is 18.2 Å². The van der Waals surface area contributed by atoms with E-state index < -0.39 is 0 Å². The molecule has 0 radical (unpaired) electrons. The highest BCUT2D eigenvalue weighted by Crippen LogP contribution is 2.27. The Morgan fingerprint density at radius 2 is 2.08 bits per heavy atom. The van der Waals surface area contributed by atoms with Crippen LogP contribution in [0, 0.1) is 5.92 Å². The van der Waals surface area contributed by atoms with E-state index in [1.54, 1.807) is 0 Å². The molecule has 2 atom stereocenters. The molecule has 1 amide bonds. The zero-order valence-corrected chi connectivity index (χ0v) is 8.04. The van der Waals surface area contributed by atoms with Crippen LogP contribution in [0.4, 0.5) is 0 Å². The Morgan fingerprint density at radius 1 is 1.31 bits per heavy atom. The molecule has 2 N–H and O–H groups in total. The van der Waals surface area contributed by atoms with Crippen molar-refractivity contribution in [3.05, 3.63) is 0 Å². The molecule has 2 aliphatic rings. The van der Waals surface area contributed by atoms with Crippen molar-refractivity contribution >= 4 is 5.91 Å². The quantitative estimate of drug-likeness (QED) is 0.684. The summed E-state index contributed by atoms with van der Waals surface area (Å²) in [5.41, 5.74) is 5.92. The van der Waals surface area contributed by atoms with Crippen LogP contribution >= 0.6 is 0 Å². The van der Waals surface area contributed by atoms with Gasteiger partial charge in [-0.2, -0.15) is 0 Å². The molecule has 1 saturated carbocycles. The van der Waals surface area contributed by atoms with E-state index in [-0.39, 0.29) is 6.04 Å². The van der Waals surface area contributed by atoms with E-state index in [2.05, 4.69) is 0 Å². The number of nitrogens with zero attached hydrogens (tertiary/aromatic N) is 1. The van der Waals surface area contributed by atoms with Crippen LogP contribution < -0.4 is 5.73 Å². The van der Waals surface area contributed by atoms with Crippen molar-refractivity contribution in [3.8, 4) is 0 Å². The second-order valence-corrected chi connectivity index (χ2v) is 4.29. The van der Waals surface area contributed by atoms with E-state index >= 15 is 0 Å². The van der Waals surface area contributed by atoms with Crippen LogP contribution in [-0.4, -0.2) is 29.9 Å². The maximum atomic E-state index is 11.6. The summed E-state index contributed by atoms with van der Waals surface area (Å²) >= 11 is 0. The number of carbonyl (C=O) groups excluding carboxylic acids is 1. The molecule has 1 heterocycles. The molecule has 1 aliphatic heterocycles. The first-order chi connectivity index (χ1) is 6.27. The predicted octanol–water partition coefficient (Wildman–Crippen LogP) is 0.736. The lowest BCUT2D eigenvalue weighted by Crippen LogP contribution is -2.43. The zero-order chi connectivity index (χ0) is 9.26. The summed E-state index contributed by atoms with van der Waals surface area (Å²) in [5, 5.41) is 0. The maximum Gasteiger partial charge on any atom is 0.222 e. The first kappa shape index (κ1) is 9.00. The lowest BCUT2D eigenvalue weighted by Gasteiger charge is -2.32. The number of hydrogen-bond donors (Lipinski definition) is 1. The van der Waals surface area contributed by atoms with Gasteiger partial charge >= 0.3 is 0 Å². The van der Waals surface area contributed by atoms with Gasteiger partial charge in [0.2, 0.25) is 5.91 Å². The van der Waals surface area contributed by atoms with Crippen LogP contribution in [0.2, 0.25) is 0 Å². The number of nitrogens with two attached hydrogens (primary N) is 1. The fourth-order valence-electron chi connectivity index (χ4n) is 2.24. The van der Waals surface area contributed by atoms with Gasteiger partial charge in [-0.1, -0.05) is 6.42 Å². The van der Waals surface area contributed by atoms with Crippen molar-refractivity contribution in [1.82, 2.24) is 4.90 Å². The largest absolute Gasteiger partial charge is 0.343 e. The van der Waals surface area contributed by atoms with Crippen LogP contribution in [0.1, 0.15) is 32.1 Å². The first-order valence-electron chi connectivity index (χ1n) is 5.31. The Hall–Kier alpha value is -0.570. The molecule has 13 heavy (non-hydrogen) atoms. The molecule has 3 nitrogen and oxygen atoms in total. The van der Waals surface area contributed by atoms with Crippen molar-refractivity contribution in [2.75, 3.05) is 13.1 Å². The van der Waals surface area contributed by atoms with Crippen LogP contribution in [0.5, 0.6) is 0 Å². The highest BCUT2D eigenvalue weighted by atomic mass is 16.2. The van der Waals surface area contributed by atoms with Gasteiger partial charge in [-0.05, 0) is 25.2 Å². The third kappa shape index (κ3) is 1.85. The van der Waals surface area contributed by atoms with Crippen molar-refractivity contribution in [3.63, 3.8) is 0 Å². The predicted molar refractivity (Wildman–Crippen MR) is 51.1 cm³/mol. The minimum Gasteiger partial charge on any atom is -0.343 e. The summed E-state index contributed by atoms with van der Waals surface area (Å²) in [7, 11) is 0. The number of likely N-dealkylation sites (tertiary alicyclic amines) is 1. The summed E-state index contributed by atoms with van der Waals surface area (Å²) in [6.45, 7) is 1.95. The standard InChI is InChI=1S/C10H18N2O/c11-9-4-1-3-8(9)7-10(13)12-5-2-6-12/h8-9H,1-7,11H2/t8-,9+/m0/s1. The normalized spacial score (nSPS) is 33.2. The summed E-state index contributed by atoms with van der Waals surface area (Å²) in [5.74, 6) is 0.793. The van der Waals surface area contributed by atoms with Crippen LogP contribution in [0.15, 0.2) is 0 Å². The molecule has 2 fully saturated rings. The van der Waals surface area contributed by atoms with Crippen molar-refractivity contribution in [2.24, 2.45) is 11.7 Å². The molecule has 74 valence electrons. The smallest absolute Gasteiger partial charge is 0.222 e. The van der Waals surface area contributed by atoms with Crippen molar-refractivity contribution < 1.29 is 4.79 Å². The van der Waals surface area contributed by atoms with Gasteiger partial charge < -0.3 is 10.6 Å². The Morgan fingerprint density at radius 3 is 2.54 bits per heavy atom. The third-order valence-electron chi connectivity index (χ3n) is 3.36. The topological polar surface area (TPSA) is 46.3 Å². The molecule has 1 aliphatic carbocycles. The van der Waals surface area contributed by atoms with E-state index in [0.717, 1.165) is 25.9 Å². The monoisotopic (exact) mass is 182 g/mol. The molecular formula is C10H18N2O. The molecule has 0 spiro atoms. The Kier molecular flexibility index (Phi) is 2.54. The molecule has 3 heteroatoms. The summed E-state index contributed by atoms with van der Waals surface area (Å²) in [4.78, 5) is 13.5. The molecule has 0 aromatic carbocycles. The first-order valence-corrected chi connectivity index (χ1v) is 5.31. The van der Waals surface area contributed by atoms with E-state index in [1.165, 1.54) is 12.8 Å². The zero-order valence-electron chi connectivity index (χ0n) is 8.04. The number of amides is 1.